The Morgan fingerprint density at radius 2 is 2.15 bits per heavy atom. The van der Waals surface area contributed by atoms with Gasteiger partial charge in [-0.3, -0.25) is 4.90 Å². The third-order valence-electron chi connectivity index (χ3n) is 3.61. The molecule has 0 saturated carbocycles. The van der Waals surface area contributed by atoms with Crippen LogP contribution in [0.15, 0.2) is 23.8 Å². The molecule has 1 N–H and O–H groups in total. The van der Waals surface area contributed by atoms with Gasteiger partial charge in [-0.2, -0.15) is 0 Å². The van der Waals surface area contributed by atoms with Crippen molar-refractivity contribution in [1.29, 1.82) is 0 Å². The van der Waals surface area contributed by atoms with Gasteiger partial charge in [0, 0.05) is 23.8 Å². The lowest BCUT2D eigenvalue weighted by molar-refractivity contribution is 0.203. The average Bonchev–Trinajstić information content (AvgIpc) is 3.07. The summed E-state index contributed by atoms with van der Waals surface area (Å²) < 4.78 is 0. The van der Waals surface area contributed by atoms with Gasteiger partial charge in [0.15, 0.2) is 5.13 Å². The zero-order valence-corrected chi connectivity index (χ0v) is 12.6. The molecular formula is C14H19N5S. The number of rotatable bonds is 4. The number of aromatic nitrogens is 3. The molecule has 1 atom stereocenters. The van der Waals surface area contributed by atoms with Crippen molar-refractivity contribution < 1.29 is 0 Å². The van der Waals surface area contributed by atoms with Gasteiger partial charge in [-0.1, -0.05) is 0 Å². The second-order valence-electron chi connectivity index (χ2n) is 5.26. The Bertz CT molecular complexity index is 554. The van der Waals surface area contributed by atoms with E-state index in [4.69, 9.17) is 4.98 Å². The van der Waals surface area contributed by atoms with Gasteiger partial charge in [-0.05, 0) is 39.3 Å². The minimum Gasteiger partial charge on any atom is -0.300 e. The molecule has 20 heavy (non-hydrogen) atoms. The van der Waals surface area contributed by atoms with Gasteiger partial charge in [-0.15, -0.1) is 11.3 Å². The van der Waals surface area contributed by atoms with E-state index < -0.39 is 0 Å². The third kappa shape index (κ3) is 2.81. The lowest BCUT2D eigenvalue weighted by atomic mass is 10.1. The molecule has 6 heteroatoms. The van der Waals surface area contributed by atoms with Crippen molar-refractivity contribution in [3.05, 3.63) is 29.5 Å². The topological polar surface area (TPSA) is 53.9 Å². The second-order valence-corrected chi connectivity index (χ2v) is 6.12. The number of nitrogens with zero attached hydrogens (tertiary/aromatic N) is 4. The summed E-state index contributed by atoms with van der Waals surface area (Å²) in [4.78, 5) is 15.5. The summed E-state index contributed by atoms with van der Waals surface area (Å²) in [6.45, 7) is 5.67. The molecule has 0 aliphatic carbocycles. The Hall–Kier alpha value is -1.53. The van der Waals surface area contributed by atoms with Crippen molar-refractivity contribution in [3.8, 4) is 0 Å². The summed E-state index contributed by atoms with van der Waals surface area (Å²) in [6, 6.07) is 2.83. The molecule has 3 heterocycles. The van der Waals surface area contributed by atoms with E-state index >= 15 is 0 Å². The number of hydrogen-bond acceptors (Lipinski definition) is 6. The highest BCUT2D eigenvalue weighted by atomic mass is 32.1. The largest absolute Gasteiger partial charge is 0.300 e. The molecule has 106 valence electrons. The van der Waals surface area contributed by atoms with E-state index in [1.807, 2.05) is 0 Å². The molecule has 0 radical (unpaired) electrons. The fourth-order valence-electron chi connectivity index (χ4n) is 2.68. The van der Waals surface area contributed by atoms with E-state index in [1.165, 1.54) is 25.1 Å². The number of hydrogen-bond donors (Lipinski definition) is 1. The van der Waals surface area contributed by atoms with Crippen LogP contribution in [0.3, 0.4) is 0 Å². The van der Waals surface area contributed by atoms with E-state index in [-0.39, 0.29) is 0 Å². The lowest BCUT2D eigenvalue weighted by Gasteiger charge is -2.26. The Kier molecular flexibility index (Phi) is 3.93. The van der Waals surface area contributed by atoms with Crippen LogP contribution in [0.25, 0.3) is 0 Å². The number of likely N-dealkylation sites (tertiary alicyclic amines) is 1. The van der Waals surface area contributed by atoms with Crippen LogP contribution in [-0.2, 0) is 0 Å². The highest BCUT2D eigenvalue weighted by Crippen LogP contribution is 2.35. The smallest absolute Gasteiger partial charge is 0.228 e. The zero-order valence-electron chi connectivity index (χ0n) is 11.8. The maximum absolute atomic E-state index is 4.71. The van der Waals surface area contributed by atoms with Crippen LogP contribution < -0.4 is 5.32 Å². The fourth-order valence-corrected chi connectivity index (χ4v) is 3.43. The van der Waals surface area contributed by atoms with Gasteiger partial charge >= 0.3 is 0 Å². The van der Waals surface area contributed by atoms with Gasteiger partial charge in [-0.25, -0.2) is 15.0 Å². The number of thiazole rings is 1. The number of anilines is 2. The SMILES string of the molecule is CC(C)N1CCCC1c1csc(Nc2ncccn2)n1. The molecule has 1 saturated heterocycles. The van der Waals surface area contributed by atoms with Gasteiger partial charge in [0.1, 0.15) is 0 Å². The van der Waals surface area contributed by atoms with Crippen molar-refractivity contribution in [2.75, 3.05) is 11.9 Å². The molecule has 2 aromatic rings. The van der Waals surface area contributed by atoms with Crippen molar-refractivity contribution >= 4 is 22.4 Å². The summed E-state index contributed by atoms with van der Waals surface area (Å²) >= 11 is 1.62. The van der Waals surface area contributed by atoms with E-state index in [0.29, 0.717) is 18.0 Å². The predicted molar refractivity (Wildman–Crippen MR) is 81.2 cm³/mol. The minimum atomic E-state index is 0.457. The summed E-state index contributed by atoms with van der Waals surface area (Å²) in [6.07, 6.45) is 5.90. The molecule has 0 bridgehead atoms. The van der Waals surface area contributed by atoms with Crippen LogP contribution in [0.1, 0.15) is 38.4 Å². The van der Waals surface area contributed by atoms with Crippen molar-refractivity contribution in [2.45, 2.75) is 38.8 Å². The molecule has 3 rings (SSSR count). The molecule has 1 aliphatic rings. The van der Waals surface area contributed by atoms with Gasteiger partial charge in [0.25, 0.3) is 0 Å². The Labute approximate surface area is 123 Å². The highest BCUT2D eigenvalue weighted by Gasteiger charge is 2.29. The van der Waals surface area contributed by atoms with E-state index in [9.17, 15) is 0 Å². The first-order valence-electron chi connectivity index (χ1n) is 6.99. The first-order chi connectivity index (χ1) is 9.74. The number of nitrogens with one attached hydrogen (secondary N) is 1. The summed E-state index contributed by atoms with van der Waals surface area (Å²) in [5.74, 6) is 0.598. The summed E-state index contributed by atoms with van der Waals surface area (Å²) in [5.41, 5.74) is 1.17. The van der Waals surface area contributed by atoms with Crippen molar-refractivity contribution in [3.63, 3.8) is 0 Å². The second kappa shape index (κ2) is 5.85. The van der Waals surface area contributed by atoms with Crippen molar-refractivity contribution in [1.82, 2.24) is 19.9 Å². The molecule has 0 spiro atoms. The van der Waals surface area contributed by atoms with Gasteiger partial charge in [0.2, 0.25) is 5.95 Å². The lowest BCUT2D eigenvalue weighted by Crippen LogP contribution is -2.30. The molecule has 0 aromatic carbocycles. The van der Waals surface area contributed by atoms with Crippen LogP contribution >= 0.6 is 11.3 Å². The van der Waals surface area contributed by atoms with E-state index in [2.05, 4.69) is 39.4 Å². The van der Waals surface area contributed by atoms with Crippen LogP contribution in [0.4, 0.5) is 11.1 Å². The zero-order chi connectivity index (χ0) is 13.9. The predicted octanol–water partition coefficient (Wildman–Crippen LogP) is 3.22. The molecule has 1 unspecified atom stereocenters. The Morgan fingerprint density at radius 3 is 2.90 bits per heavy atom. The first-order valence-corrected chi connectivity index (χ1v) is 7.87. The first kappa shape index (κ1) is 13.5. The van der Waals surface area contributed by atoms with Gasteiger partial charge < -0.3 is 5.32 Å². The average molecular weight is 289 g/mol. The summed E-state index contributed by atoms with van der Waals surface area (Å²) in [5, 5.41) is 6.17. The third-order valence-corrected chi connectivity index (χ3v) is 4.38. The molecule has 0 amide bonds. The molecule has 5 nitrogen and oxygen atoms in total. The van der Waals surface area contributed by atoms with Crippen LogP contribution in [-0.4, -0.2) is 32.4 Å². The standard InChI is InChI=1S/C14H19N5S/c1-10(2)19-8-3-5-12(19)11-9-20-14(17-11)18-13-15-6-4-7-16-13/h4,6-7,9-10,12H,3,5,8H2,1-2H3,(H,15,16,17,18). The Morgan fingerprint density at radius 1 is 1.35 bits per heavy atom. The molecule has 1 fully saturated rings. The quantitative estimate of drug-likeness (QED) is 0.936. The fraction of sp³-hybridized carbons (Fsp3) is 0.500. The highest BCUT2D eigenvalue weighted by molar-refractivity contribution is 7.13. The molecular weight excluding hydrogens is 270 g/mol. The Balaban J connectivity index is 1.73. The molecule has 2 aromatic heterocycles. The normalized spacial score (nSPS) is 19.6. The van der Waals surface area contributed by atoms with Crippen molar-refractivity contribution in [2.24, 2.45) is 0 Å². The maximum Gasteiger partial charge on any atom is 0.228 e. The van der Waals surface area contributed by atoms with E-state index in [1.54, 1.807) is 29.8 Å². The van der Waals surface area contributed by atoms with Crippen LogP contribution in [0.2, 0.25) is 0 Å². The minimum absolute atomic E-state index is 0.457. The van der Waals surface area contributed by atoms with Gasteiger partial charge in [0.05, 0.1) is 11.7 Å². The molecule has 1 aliphatic heterocycles. The van der Waals surface area contributed by atoms with Crippen LogP contribution in [0.5, 0.6) is 0 Å². The monoisotopic (exact) mass is 289 g/mol. The van der Waals surface area contributed by atoms with Crippen LogP contribution in [0, 0.1) is 0 Å². The van der Waals surface area contributed by atoms with E-state index in [0.717, 1.165) is 5.13 Å². The summed E-state index contributed by atoms with van der Waals surface area (Å²) in [7, 11) is 0. The maximum atomic E-state index is 4.71.